The van der Waals surface area contributed by atoms with Crippen molar-refractivity contribution >= 4 is 16.5 Å². The van der Waals surface area contributed by atoms with Crippen molar-refractivity contribution < 1.29 is 0 Å². The van der Waals surface area contributed by atoms with Crippen LogP contribution in [0.15, 0.2) is 29.2 Å². The second-order valence-electron chi connectivity index (χ2n) is 2.92. The number of rotatable bonds is 0. The van der Waals surface area contributed by atoms with Crippen molar-refractivity contribution in [3.63, 3.8) is 0 Å². The van der Waals surface area contributed by atoms with Gasteiger partial charge in [0.25, 0.3) is 5.56 Å². The lowest BCUT2D eigenvalue weighted by Crippen LogP contribution is -2.18. The molecule has 0 saturated heterocycles. The van der Waals surface area contributed by atoms with E-state index in [2.05, 4.69) is 5.10 Å². The lowest BCUT2D eigenvalue weighted by atomic mass is 10.2. The summed E-state index contributed by atoms with van der Waals surface area (Å²) in [6, 6.07) is 5.21. The van der Waals surface area contributed by atoms with E-state index < -0.39 is 0 Å². The fourth-order valence-electron chi connectivity index (χ4n) is 1.25. The van der Waals surface area contributed by atoms with Crippen LogP contribution in [-0.2, 0) is 7.05 Å². The Morgan fingerprint density at radius 2 is 2.23 bits per heavy atom. The predicted molar refractivity (Wildman–Crippen MR) is 51.4 cm³/mol. The first kappa shape index (κ1) is 7.79. The molecule has 0 bridgehead atoms. The lowest BCUT2D eigenvalue weighted by Gasteiger charge is -2.00. The number of hydrogen-bond donors (Lipinski definition) is 1. The molecular weight excluding hydrogens is 166 g/mol. The smallest absolute Gasteiger partial charge is 0.274 e. The molecule has 0 fully saturated rings. The van der Waals surface area contributed by atoms with E-state index in [0.717, 1.165) is 5.39 Å². The summed E-state index contributed by atoms with van der Waals surface area (Å²) in [7, 11) is 1.62. The van der Waals surface area contributed by atoms with Crippen molar-refractivity contribution in [3.8, 4) is 0 Å². The maximum absolute atomic E-state index is 11.5. The van der Waals surface area contributed by atoms with E-state index in [9.17, 15) is 4.79 Å². The van der Waals surface area contributed by atoms with Gasteiger partial charge in [0.1, 0.15) is 0 Å². The van der Waals surface area contributed by atoms with E-state index in [-0.39, 0.29) is 5.56 Å². The number of anilines is 1. The minimum atomic E-state index is -0.121. The number of nitrogens with two attached hydrogens (primary N) is 1. The maximum Gasteiger partial charge on any atom is 0.274 e. The number of nitrogen functional groups attached to an aromatic ring is 1. The summed E-state index contributed by atoms with van der Waals surface area (Å²) in [4.78, 5) is 11.5. The third-order valence-corrected chi connectivity index (χ3v) is 1.97. The second-order valence-corrected chi connectivity index (χ2v) is 2.92. The molecule has 4 heteroatoms. The molecule has 1 aromatic carbocycles. The van der Waals surface area contributed by atoms with Crippen molar-refractivity contribution in [2.45, 2.75) is 0 Å². The molecule has 2 rings (SSSR count). The number of aryl methyl sites for hydroxylation is 1. The Labute approximate surface area is 74.6 Å². The zero-order chi connectivity index (χ0) is 9.42. The zero-order valence-electron chi connectivity index (χ0n) is 7.19. The van der Waals surface area contributed by atoms with Gasteiger partial charge < -0.3 is 5.73 Å². The van der Waals surface area contributed by atoms with Crippen LogP contribution in [-0.4, -0.2) is 9.78 Å². The average Bonchev–Trinajstić information content (AvgIpc) is 2.12. The Balaban J connectivity index is 2.97. The van der Waals surface area contributed by atoms with Gasteiger partial charge >= 0.3 is 0 Å². The highest BCUT2D eigenvalue weighted by Crippen LogP contribution is 2.11. The van der Waals surface area contributed by atoms with E-state index >= 15 is 0 Å². The molecule has 0 spiro atoms. The highest BCUT2D eigenvalue weighted by Gasteiger charge is 2.00. The molecule has 2 aromatic rings. The predicted octanol–water partition coefficient (Wildman–Crippen LogP) is 0.516. The van der Waals surface area contributed by atoms with Crippen LogP contribution in [0.4, 0.5) is 5.69 Å². The molecule has 0 unspecified atom stereocenters. The average molecular weight is 175 g/mol. The summed E-state index contributed by atoms with van der Waals surface area (Å²) >= 11 is 0. The van der Waals surface area contributed by atoms with Crippen LogP contribution < -0.4 is 11.3 Å². The quantitative estimate of drug-likeness (QED) is 0.593. The SMILES string of the molecule is Cn1ncc2ccc(N)cc2c1=O. The van der Waals surface area contributed by atoms with Crippen LogP contribution in [0, 0.1) is 0 Å². The Bertz CT molecular complexity index is 510. The molecule has 0 aliphatic heterocycles. The van der Waals surface area contributed by atoms with Gasteiger partial charge in [-0.05, 0) is 12.1 Å². The first-order valence-corrected chi connectivity index (χ1v) is 3.90. The fraction of sp³-hybridized carbons (Fsp3) is 0.111. The van der Waals surface area contributed by atoms with Crippen molar-refractivity contribution in [1.82, 2.24) is 9.78 Å². The van der Waals surface area contributed by atoms with E-state index in [4.69, 9.17) is 5.73 Å². The molecule has 0 saturated carbocycles. The van der Waals surface area contributed by atoms with Gasteiger partial charge in [0.05, 0.1) is 11.6 Å². The summed E-state index contributed by atoms with van der Waals surface area (Å²) in [5.74, 6) is 0. The van der Waals surface area contributed by atoms with Crippen LogP contribution in [0.3, 0.4) is 0 Å². The molecule has 1 aromatic heterocycles. The zero-order valence-corrected chi connectivity index (χ0v) is 7.19. The van der Waals surface area contributed by atoms with E-state index in [1.807, 2.05) is 0 Å². The minimum absolute atomic E-state index is 0.121. The Kier molecular flexibility index (Phi) is 1.55. The van der Waals surface area contributed by atoms with Gasteiger partial charge in [-0.2, -0.15) is 5.10 Å². The van der Waals surface area contributed by atoms with Gasteiger partial charge in [0, 0.05) is 18.1 Å². The van der Waals surface area contributed by atoms with Crippen LogP contribution in [0.5, 0.6) is 0 Å². The summed E-state index contributed by atoms with van der Waals surface area (Å²) in [5, 5.41) is 5.33. The van der Waals surface area contributed by atoms with Crippen molar-refractivity contribution in [3.05, 3.63) is 34.7 Å². The van der Waals surface area contributed by atoms with Gasteiger partial charge in [-0.1, -0.05) is 6.07 Å². The number of fused-ring (bicyclic) bond motifs is 1. The Morgan fingerprint density at radius 3 is 3.00 bits per heavy atom. The Morgan fingerprint density at radius 1 is 1.46 bits per heavy atom. The molecule has 0 amide bonds. The highest BCUT2D eigenvalue weighted by molar-refractivity contribution is 5.83. The number of hydrogen-bond acceptors (Lipinski definition) is 3. The first-order valence-electron chi connectivity index (χ1n) is 3.90. The molecule has 4 nitrogen and oxygen atoms in total. The van der Waals surface area contributed by atoms with Crippen molar-refractivity contribution in [2.24, 2.45) is 7.05 Å². The van der Waals surface area contributed by atoms with Crippen LogP contribution in [0.1, 0.15) is 0 Å². The normalized spacial score (nSPS) is 10.5. The Hall–Kier alpha value is -1.84. The van der Waals surface area contributed by atoms with Gasteiger partial charge in [-0.25, -0.2) is 4.68 Å². The monoisotopic (exact) mass is 175 g/mol. The van der Waals surface area contributed by atoms with Gasteiger partial charge in [0.15, 0.2) is 0 Å². The minimum Gasteiger partial charge on any atom is -0.399 e. The van der Waals surface area contributed by atoms with Gasteiger partial charge in [-0.15, -0.1) is 0 Å². The third-order valence-electron chi connectivity index (χ3n) is 1.97. The molecule has 2 N–H and O–H groups in total. The summed E-state index contributed by atoms with van der Waals surface area (Å²) in [5.41, 5.74) is 6.05. The standard InChI is InChI=1S/C9H9N3O/c1-12-9(13)8-4-7(10)3-2-6(8)5-11-12/h2-5H,10H2,1H3. The van der Waals surface area contributed by atoms with Crippen LogP contribution in [0.25, 0.3) is 10.8 Å². The van der Waals surface area contributed by atoms with Gasteiger partial charge in [0.2, 0.25) is 0 Å². The second kappa shape index (κ2) is 2.58. The summed E-state index contributed by atoms with van der Waals surface area (Å²) < 4.78 is 1.29. The number of aromatic nitrogens is 2. The molecule has 1 heterocycles. The fourth-order valence-corrected chi connectivity index (χ4v) is 1.25. The van der Waals surface area contributed by atoms with Crippen LogP contribution >= 0.6 is 0 Å². The molecule has 66 valence electrons. The number of benzene rings is 1. The molecular formula is C9H9N3O. The maximum atomic E-state index is 11.5. The molecule has 0 radical (unpaired) electrons. The molecule has 0 atom stereocenters. The molecule has 0 aliphatic rings. The summed E-state index contributed by atoms with van der Waals surface area (Å²) in [6.45, 7) is 0. The highest BCUT2D eigenvalue weighted by atomic mass is 16.1. The van der Waals surface area contributed by atoms with Crippen molar-refractivity contribution in [1.29, 1.82) is 0 Å². The number of nitrogens with zero attached hydrogens (tertiary/aromatic N) is 2. The lowest BCUT2D eigenvalue weighted by molar-refractivity contribution is 0.718. The third kappa shape index (κ3) is 1.16. The van der Waals surface area contributed by atoms with Crippen LogP contribution in [0.2, 0.25) is 0 Å². The molecule has 0 aliphatic carbocycles. The first-order chi connectivity index (χ1) is 6.18. The van der Waals surface area contributed by atoms with Crippen molar-refractivity contribution in [2.75, 3.05) is 5.73 Å². The largest absolute Gasteiger partial charge is 0.399 e. The summed E-state index contributed by atoms with van der Waals surface area (Å²) in [6.07, 6.45) is 1.65. The topological polar surface area (TPSA) is 60.9 Å². The van der Waals surface area contributed by atoms with E-state index in [1.54, 1.807) is 31.4 Å². The van der Waals surface area contributed by atoms with E-state index in [1.165, 1.54) is 4.68 Å². The van der Waals surface area contributed by atoms with Gasteiger partial charge in [-0.3, -0.25) is 4.79 Å². The van der Waals surface area contributed by atoms with E-state index in [0.29, 0.717) is 11.1 Å². The molecule has 13 heavy (non-hydrogen) atoms.